The Labute approximate surface area is 131 Å². The Bertz CT molecular complexity index is 692. The highest BCUT2D eigenvalue weighted by atomic mass is 16.5. The highest BCUT2D eigenvalue weighted by Gasteiger charge is 2.11. The lowest BCUT2D eigenvalue weighted by Gasteiger charge is -2.17. The van der Waals surface area contributed by atoms with Crippen LogP contribution < -0.4 is 14.8 Å². The van der Waals surface area contributed by atoms with Gasteiger partial charge in [0.1, 0.15) is 11.5 Å². The van der Waals surface area contributed by atoms with Gasteiger partial charge in [0.05, 0.1) is 14.2 Å². The summed E-state index contributed by atoms with van der Waals surface area (Å²) in [6.45, 7) is 1.97. The van der Waals surface area contributed by atoms with Crippen LogP contribution in [0.4, 0.5) is 0 Å². The molecule has 3 rings (SSSR count). The minimum Gasteiger partial charge on any atom is -0.497 e. The van der Waals surface area contributed by atoms with Gasteiger partial charge >= 0.3 is 0 Å². The number of benzene rings is 2. The minimum absolute atomic E-state index is 0.852. The highest BCUT2D eigenvalue weighted by Crippen LogP contribution is 2.34. The van der Waals surface area contributed by atoms with E-state index in [4.69, 9.17) is 9.47 Å². The van der Waals surface area contributed by atoms with Gasteiger partial charge in [-0.1, -0.05) is 30.3 Å². The molecule has 0 saturated heterocycles. The fourth-order valence-corrected chi connectivity index (χ4v) is 2.80. The summed E-state index contributed by atoms with van der Waals surface area (Å²) in [7, 11) is 3.41. The topological polar surface area (TPSA) is 30.5 Å². The van der Waals surface area contributed by atoms with E-state index in [1.165, 1.54) is 11.1 Å². The summed E-state index contributed by atoms with van der Waals surface area (Å²) in [6.07, 6.45) is 3.31. The van der Waals surface area contributed by atoms with Gasteiger partial charge in [0.2, 0.25) is 0 Å². The molecule has 0 atom stereocenters. The molecule has 3 nitrogen and oxygen atoms in total. The second kappa shape index (κ2) is 6.67. The van der Waals surface area contributed by atoms with Crippen LogP contribution in [0.25, 0.3) is 16.7 Å². The molecule has 0 aliphatic carbocycles. The van der Waals surface area contributed by atoms with Crippen molar-refractivity contribution >= 4 is 5.57 Å². The minimum atomic E-state index is 0.852. The summed E-state index contributed by atoms with van der Waals surface area (Å²) >= 11 is 0. The molecule has 3 heteroatoms. The molecule has 0 spiro atoms. The Morgan fingerprint density at radius 2 is 1.86 bits per heavy atom. The summed E-state index contributed by atoms with van der Waals surface area (Å²) in [5.41, 5.74) is 4.81. The van der Waals surface area contributed by atoms with Gasteiger partial charge in [-0.05, 0) is 47.9 Å². The van der Waals surface area contributed by atoms with Crippen LogP contribution in [0.2, 0.25) is 0 Å². The smallest absolute Gasteiger partial charge is 0.127 e. The van der Waals surface area contributed by atoms with Crippen LogP contribution in [0.15, 0.2) is 48.5 Å². The van der Waals surface area contributed by atoms with Crippen LogP contribution in [0.5, 0.6) is 11.5 Å². The molecule has 22 heavy (non-hydrogen) atoms. The molecule has 114 valence electrons. The molecule has 0 radical (unpaired) electrons. The second-order valence-electron chi connectivity index (χ2n) is 5.33. The van der Waals surface area contributed by atoms with Gasteiger partial charge < -0.3 is 14.8 Å². The molecule has 1 heterocycles. The normalized spacial score (nSPS) is 14.4. The first-order valence-corrected chi connectivity index (χ1v) is 7.54. The zero-order valence-electron chi connectivity index (χ0n) is 13.1. The van der Waals surface area contributed by atoms with Crippen molar-refractivity contribution in [3.63, 3.8) is 0 Å². The molecular weight excluding hydrogens is 274 g/mol. The third-order valence-electron chi connectivity index (χ3n) is 4.02. The predicted octanol–water partition coefficient (Wildman–Crippen LogP) is 3.75. The maximum Gasteiger partial charge on any atom is 0.127 e. The van der Waals surface area contributed by atoms with Crippen LogP contribution in [0.1, 0.15) is 12.0 Å². The predicted molar refractivity (Wildman–Crippen MR) is 90.4 cm³/mol. The first-order valence-electron chi connectivity index (χ1n) is 7.54. The van der Waals surface area contributed by atoms with Gasteiger partial charge in [-0.3, -0.25) is 0 Å². The molecule has 2 aromatic carbocycles. The third-order valence-corrected chi connectivity index (χ3v) is 4.02. The summed E-state index contributed by atoms with van der Waals surface area (Å²) in [6, 6.07) is 14.5. The first-order chi connectivity index (χ1) is 10.8. The SMILES string of the molecule is COc1cccc(-c2ccc(C3=CCNCC3)cc2OC)c1. The number of nitrogens with one attached hydrogen (secondary N) is 1. The van der Waals surface area contributed by atoms with Crippen molar-refractivity contribution in [2.45, 2.75) is 6.42 Å². The van der Waals surface area contributed by atoms with Crippen molar-refractivity contribution < 1.29 is 9.47 Å². The second-order valence-corrected chi connectivity index (χ2v) is 5.33. The van der Waals surface area contributed by atoms with Gasteiger partial charge in [0.15, 0.2) is 0 Å². The average Bonchev–Trinajstić information content (AvgIpc) is 2.62. The third kappa shape index (κ3) is 3.00. The Balaban J connectivity index is 2.00. The van der Waals surface area contributed by atoms with E-state index >= 15 is 0 Å². The summed E-state index contributed by atoms with van der Waals surface area (Å²) in [5, 5.41) is 3.34. The van der Waals surface area contributed by atoms with Gasteiger partial charge in [-0.2, -0.15) is 0 Å². The summed E-state index contributed by atoms with van der Waals surface area (Å²) < 4.78 is 10.9. The van der Waals surface area contributed by atoms with Gasteiger partial charge in [0.25, 0.3) is 0 Å². The maximum atomic E-state index is 5.62. The zero-order valence-corrected chi connectivity index (χ0v) is 13.1. The quantitative estimate of drug-likeness (QED) is 0.932. The number of hydrogen-bond donors (Lipinski definition) is 1. The van der Waals surface area contributed by atoms with E-state index in [-0.39, 0.29) is 0 Å². The average molecular weight is 295 g/mol. The lowest BCUT2D eigenvalue weighted by Crippen LogP contribution is -2.20. The van der Waals surface area contributed by atoms with E-state index in [9.17, 15) is 0 Å². The van der Waals surface area contributed by atoms with Crippen LogP contribution in [-0.2, 0) is 0 Å². The van der Waals surface area contributed by atoms with Crippen LogP contribution in [-0.4, -0.2) is 27.3 Å². The number of methoxy groups -OCH3 is 2. The van der Waals surface area contributed by atoms with Gasteiger partial charge in [-0.15, -0.1) is 0 Å². The van der Waals surface area contributed by atoms with E-state index < -0.39 is 0 Å². The fourth-order valence-electron chi connectivity index (χ4n) is 2.80. The van der Waals surface area contributed by atoms with Crippen molar-refractivity contribution in [3.05, 3.63) is 54.1 Å². The van der Waals surface area contributed by atoms with E-state index in [1.54, 1.807) is 14.2 Å². The lowest BCUT2D eigenvalue weighted by atomic mass is 9.96. The van der Waals surface area contributed by atoms with E-state index in [0.717, 1.165) is 42.1 Å². The molecule has 0 aromatic heterocycles. The van der Waals surface area contributed by atoms with Gasteiger partial charge in [-0.25, -0.2) is 0 Å². The van der Waals surface area contributed by atoms with Crippen LogP contribution >= 0.6 is 0 Å². The molecule has 1 aliphatic rings. The van der Waals surface area contributed by atoms with Crippen molar-refractivity contribution in [2.24, 2.45) is 0 Å². The van der Waals surface area contributed by atoms with Crippen LogP contribution in [0.3, 0.4) is 0 Å². The van der Waals surface area contributed by atoms with Crippen molar-refractivity contribution in [2.75, 3.05) is 27.3 Å². The van der Waals surface area contributed by atoms with Crippen molar-refractivity contribution in [3.8, 4) is 22.6 Å². The fraction of sp³-hybridized carbons (Fsp3) is 0.263. The molecule has 0 unspecified atom stereocenters. The summed E-state index contributed by atoms with van der Waals surface area (Å²) in [4.78, 5) is 0. The molecule has 0 saturated carbocycles. The van der Waals surface area contributed by atoms with E-state index in [0.29, 0.717) is 0 Å². The molecule has 2 aromatic rings. The first kappa shape index (κ1) is 14.7. The molecule has 0 bridgehead atoms. The maximum absolute atomic E-state index is 5.62. The number of hydrogen-bond acceptors (Lipinski definition) is 3. The van der Waals surface area contributed by atoms with E-state index in [1.807, 2.05) is 18.2 Å². The van der Waals surface area contributed by atoms with Crippen LogP contribution in [0, 0.1) is 0 Å². The Morgan fingerprint density at radius 1 is 0.955 bits per heavy atom. The molecule has 0 fully saturated rings. The van der Waals surface area contributed by atoms with Gasteiger partial charge in [0, 0.05) is 12.1 Å². The van der Waals surface area contributed by atoms with E-state index in [2.05, 4.69) is 35.7 Å². The Kier molecular flexibility index (Phi) is 4.45. The highest BCUT2D eigenvalue weighted by molar-refractivity contribution is 5.76. The molecular formula is C19H21NO2. The molecule has 1 aliphatic heterocycles. The number of ether oxygens (including phenoxy) is 2. The standard InChI is InChI=1S/C19H21NO2/c1-21-17-5-3-4-16(12-17)18-7-6-15(13-19(18)22-2)14-8-10-20-11-9-14/h3-8,12-13,20H,9-11H2,1-2H3. The monoisotopic (exact) mass is 295 g/mol. The van der Waals surface area contributed by atoms with Crippen molar-refractivity contribution in [1.29, 1.82) is 0 Å². The molecule has 0 amide bonds. The number of rotatable bonds is 4. The Hall–Kier alpha value is -2.26. The zero-order chi connectivity index (χ0) is 15.4. The molecule has 1 N–H and O–H groups in total. The largest absolute Gasteiger partial charge is 0.497 e. The lowest BCUT2D eigenvalue weighted by molar-refractivity contribution is 0.413. The Morgan fingerprint density at radius 3 is 2.59 bits per heavy atom. The summed E-state index contributed by atoms with van der Waals surface area (Å²) in [5.74, 6) is 1.75. The van der Waals surface area contributed by atoms with Crippen molar-refractivity contribution in [1.82, 2.24) is 5.32 Å².